The molecule has 0 radical (unpaired) electrons. The van der Waals surface area contributed by atoms with Crippen molar-refractivity contribution in [2.45, 2.75) is 37.6 Å². The molecule has 0 aliphatic rings. The van der Waals surface area contributed by atoms with Crippen molar-refractivity contribution in [3.63, 3.8) is 0 Å². The fourth-order valence-corrected chi connectivity index (χ4v) is 3.01. The van der Waals surface area contributed by atoms with Crippen molar-refractivity contribution in [2.75, 3.05) is 0 Å². The number of nitrogens with one attached hydrogen (secondary N) is 1. The molecule has 0 aromatic heterocycles. The highest BCUT2D eigenvalue weighted by atomic mass is 32.2. The van der Waals surface area contributed by atoms with Gasteiger partial charge in [0.25, 0.3) is 0 Å². The molecule has 0 bridgehead atoms. The minimum Gasteiger partial charge on any atom is -0.478 e. The third-order valence-electron chi connectivity index (χ3n) is 2.76. The molecule has 1 aromatic carbocycles. The van der Waals surface area contributed by atoms with Crippen molar-refractivity contribution in [1.29, 1.82) is 5.26 Å². The summed E-state index contributed by atoms with van der Waals surface area (Å²) in [5, 5.41) is 17.6. The van der Waals surface area contributed by atoms with Crippen molar-refractivity contribution in [3.8, 4) is 6.07 Å². The van der Waals surface area contributed by atoms with Crippen LogP contribution in [0.4, 0.5) is 0 Å². The maximum Gasteiger partial charge on any atom is 0.336 e. The molecule has 0 heterocycles. The largest absolute Gasteiger partial charge is 0.478 e. The van der Waals surface area contributed by atoms with Gasteiger partial charge in [0, 0.05) is 6.04 Å². The normalized spacial score (nSPS) is 12.7. The SMILES string of the molecule is CCc1ccc(S(=O)(=O)NC(C)CC#N)cc1C(=O)O. The lowest BCUT2D eigenvalue weighted by molar-refractivity contribution is 0.0695. The third kappa shape index (κ3) is 3.79. The molecule has 0 aliphatic carbocycles. The standard InChI is InChI=1S/C13H16N2O4S/c1-3-10-4-5-11(8-12(10)13(16)17)20(18,19)15-9(2)6-7-14/h4-5,8-9,15H,3,6H2,1-2H3,(H,16,17). The molecule has 1 rings (SSSR count). The number of hydrogen-bond donors (Lipinski definition) is 2. The predicted octanol–water partition coefficient (Wildman–Crippen LogP) is 1.53. The molecule has 20 heavy (non-hydrogen) atoms. The Labute approximate surface area is 118 Å². The Morgan fingerprint density at radius 2 is 2.15 bits per heavy atom. The number of carbonyl (C=O) groups is 1. The van der Waals surface area contributed by atoms with Gasteiger partial charge in [0.1, 0.15) is 0 Å². The second kappa shape index (κ2) is 6.50. The second-order valence-electron chi connectivity index (χ2n) is 4.36. The Balaban J connectivity index is 3.17. The summed E-state index contributed by atoms with van der Waals surface area (Å²) >= 11 is 0. The molecule has 2 N–H and O–H groups in total. The van der Waals surface area contributed by atoms with E-state index in [9.17, 15) is 13.2 Å². The maximum atomic E-state index is 12.1. The molecule has 0 saturated carbocycles. The van der Waals surface area contributed by atoms with Gasteiger partial charge < -0.3 is 5.11 Å². The average Bonchev–Trinajstić information content (AvgIpc) is 2.37. The maximum absolute atomic E-state index is 12.1. The monoisotopic (exact) mass is 296 g/mol. The van der Waals surface area contributed by atoms with E-state index in [4.69, 9.17) is 10.4 Å². The van der Waals surface area contributed by atoms with Crippen molar-refractivity contribution in [3.05, 3.63) is 29.3 Å². The number of aromatic carboxylic acids is 1. The quantitative estimate of drug-likeness (QED) is 0.827. The number of rotatable bonds is 6. The number of nitriles is 1. The Morgan fingerprint density at radius 3 is 2.65 bits per heavy atom. The summed E-state index contributed by atoms with van der Waals surface area (Å²) in [6.07, 6.45) is 0.540. The number of carboxylic acids is 1. The lowest BCUT2D eigenvalue weighted by Gasteiger charge is -2.12. The predicted molar refractivity (Wildman–Crippen MR) is 72.8 cm³/mol. The number of sulfonamides is 1. The van der Waals surface area contributed by atoms with Crippen LogP contribution in [0.5, 0.6) is 0 Å². The van der Waals surface area contributed by atoms with Crippen LogP contribution in [0.1, 0.15) is 36.2 Å². The van der Waals surface area contributed by atoms with Crippen LogP contribution in [-0.4, -0.2) is 25.5 Å². The first-order valence-electron chi connectivity index (χ1n) is 6.07. The molecule has 0 saturated heterocycles. The van der Waals surface area contributed by atoms with E-state index < -0.39 is 22.0 Å². The Morgan fingerprint density at radius 1 is 1.50 bits per heavy atom. The lowest BCUT2D eigenvalue weighted by Crippen LogP contribution is -2.32. The molecule has 6 nitrogen and oxygen atoms in total. The number of aryl methyl sites for hydroxylation is 1. The summed E-state index contributed by atoms with van der Waals surface area (Å²) in [7, 11) is -3.83. The van der Waals surface area contributed by atoms with Gasteiger partial charge in [-0.25, -0.2) is 17.9 Å². The molecular formula is C13H16N2O4S. The van der Waals surface area contributed by atoms with Crippen LogP contribution >= 0.6 is 0 Å². The minimum atomic E-state index is -3.83. The van der Waals surface area contributed by atoms with Gasteiger partial charge in [-0.15, -0.1) is 0 Å². The zero-order chi connectivity index (χ0) is 15.3. The molecule has 1 aromatic rings. The number of hydrogen-bond acceptors (Lipinski definition) is 4. The van der Waals surface area contributed by atoms with Gasteiger partial charge in [-0.2, -0.15) is 5.26 Å². The van der Waals surface area contributed by atoms with E-state index in [2.05, 4.69) is 4.72 Å². The van der Waals surface area contributed by atoms with Crippen LogP contribution in [0.25, 0.3) is 0 Å². The van der Waals surface area contributed by atoms with Gasteiger partial charge in [0.2, 0.25) is 10.0 Å². The number of benzene rings is 1. The van der Waals surface area contributed by atoms with E-state index in [1.165, 1.54) is 12.1 Å². The van der Waals surface area contributed by atoms with Crippen LogP contribution in [0, 0.1) is 11.3 Å². The smallest absolute Gasteiger partial charge is 0.336 e. The second-order valence-corrected chi connectivity index (χ2v) is 6.08. The zero-order valence-corrected chi connectivity index (χ0v) is 12.1. The van der Waals surface area contributed by atoms with E-state index in [1.54, 1.807) is 13.8 Å². The van der Waals surface area contributed by atoms with E-state index in [-0.39, 0.29) is 16.9 Å². The molecule has 0 amide bonds. The molecule has 108 valence electrons. The van der Waals surface area contributed by atoms with Crippen LogP contribution in [0.15, 0.2) is 23.1 Å². The summed E-state index contributed by atoms with van der Waals surface area (Å²) in [6, 6.07) is 5.33. The van der Waals surface area contributed by atoms with Gasteiger partial charge in [0.05, 0.1) is 22.9 Å². The average molecular weight is 296 g/mol. The number of nitrogens with zero attached hydrogens (tertiary/aromatic N) is 1. The van der Waals surface area contributed by atoms with E-state index >= 15 is 0 Å². The summed E-state index contributed by atoms with van der Waals surface area (Å²) in [5.41, 5.74) is 0.546. The summed E-state index contributed by atoms with van der Waals surface area (Å²) in [5.74, 6) is -1.16. The van der Waals surface area contributed by atoms with E-state index in [1.807, 2.05) is 6.07 Å². The fourth-order valence-electron chi connectivity index (χ4n) is 1.74. The van der Waals surface area contributed by atoms with Crippen LogP contribution in [0.2, 0.25) is 0 Å². The van der Waals surface area contributed by atoms with Gasteiger partial charge in [0.15, 0.2) is 0 Å². The van der Waals surface area contributed by atoms with Crippen molar-refractivity contribution < 1.29 is 18.3 Å². The molecule has 1 atom stereocenters. The minimum absolute atomic E-state index is 0.0247. The van der Waals surface area contributed by atoms with Gasteiger partial charge in [-0.3, -0.25) is 0 Å². The van der Waals surface area contributed by atoms with Gasteiger partial charge in [-0.05, 0) is 31.0 Å². The van der Waals surface area contributed by atoms with E-state index in [0.717, 1.165) is 6.07 Å². The summed E-state index contributed by atoms with van der Waals surface area (Å²) < 4.78 is 26.5. The van der Waals surface area contributed by atoms with Crippen LogP contribution < -0.4 is 4.72 Å². The first kappa shape index (κ1) is 16.1. The molecule has 1 unspecified atom stereocenters. The summed E-state index contributed by atoms with van der Waals surface area (Å²) in [4.78, 5) is 11.0. The first-order valence-corrected chi connectivity index (χ1v) is 7.55. The van der Waals surface area contributed by atoms with Crippen LogP contribution in [-0.2, 0) is 16.4 Å². The van der Waals surface area contributed by atoms with Crippen molar-refractivity contribution in [1.82, 2.24) is 4.72 Å². The van der Waals surface area contributed by atoms with Gasteiger partial charge in [-0.1, -0.05) is 13.0 Å². The number of carboxylic acid groups (broad SMARTS) is 1. The first-order chi connectivity index (χ1) is 9.31. The van der Waals surface area contributed by atoms with Crippen molar-refractivity contribution >= 4 is 16.0 Å². The Bertz CT molecular complexity index is 647. The van der Waals surface area contributed by atoms with E-state index in [0.29, 0.717) is 12.0 Å². The Kier molecular flexibility index (Phi) is 5.25. The highest BCUT2D eigenvalue weighted by molar-refractivity contribution is 7.89. The highest BCUT2D eigenvalue weighted by Gasteiger charge is 2.20. The highest BCUT2D eigenvalue weighted by Crippen LogP contribution is 2.17. The molecule has 7 heteroatoms. The zero-order valence-electron chi connectivity index (χ0n) is 11.3. The fraction of sp³-hybridized carbons (Fsp3) is 0.385. The van der Waals surface area contributed by atoms with Crippen molar-refractivity contribution in [2.24, 2.45) is 0 Å². The molecule has 0 spiro atoms. The Hall–Kier alpha value is -1.91. The molecule has 0 fully saturated rings. The van der Waals surface area contributed by atoms with Crippen LogP contribution in [0.3, 0.4) is 0 Å². The lowest BCUT2D eigenvalue weighted by atomic mass is 10.1. The third-order valence-corrected chi connectivity index (χ3v) is 4.34. The molecular weight excluding hydrogens is 280 g/mol. The van der Waals surface area contributed by atoms with Gasteiger partial charge >= 0.3 is 5.97 Å². The summed E-state index contributed by atoms with van der Waals surface area (Å²) in [6.45, 7) is 3.36. The molecule has 0 aliphatic heterocycles. The topological polar surface area (TPSA) is 107 Å².